The van der Waals surface area contributed by atoms with Crippen molar-refractivity contribution in [2.24, 2.45) is 16.7 Å². The summed E-state index contributed by atoms with van der Waals surface area (Å²) in [4.78, 5) is 19.3. The summed E-state index contributed by atoms with van der Waals surface area (Å²) in [5, 5.41) is 12.6. The maximum Gasteiger partial charge on any atom is 0.273 e. The fourth-order valence-corrected chi connectivity index (χ4v) is 5.54. The van der Waals surface area contributed by atoms with Crippen LogP contribution in [0.25, 0.3) is 10.6 Å². The number of carbonyl (C=O) groups excluding carboxylic acids is 1. The van der Waals surface area contributed by atoms with Gasteiger partial charge in [0.25, 0.3) is 5.91 Å². The van der Waals surface area contributed by atoms with Gasteiger partial charge in [-0.05, 0) is 17.8 Å². The average molecular weight is 342 g/mol. The third-order valence-electron chi connectivity index (χ3n) is 5.75. The van der Waals surface area contributed by atoms with Crippen molar-refractivity contribution in [1.82, 2.24) is 9.88 Å². The van der Waals surface area contributed by atoms with Crippen LogP contribution in [-0.2, 0) is 0 Å². The first-order chi connectivity index (χ1) is 11.5. The lowest BCUT2D eigenvalue weighted by atomic mass is 9.48. The zero-order chi connectivity index (χ0) is 16.9. The number of rotatable bonds is 3. The smallest absolute Gasteiger partial charge is 0.273 e. The first kappa shape index (κ1) is 15.8. The highest BCUT2D eigenvalue weighted by molar-refractivity contribution is 7.13. The summed E-state index contributed by atoms with van der Waals surface area (Å²) >= 11 is 1.50. The molecule has 0 spiro atoms. The van der Waals surface area contributed by atoms with Crippen LogP contribution >= 0.6 is 11.3 Å². The Kier molecular flexibility index (Phi) is 3.55. The molecule has 1 amide bonds. The minimum Gasteiger partial charge on any atom is -0.396 e. The second-order valence-corrected chi connectivity index (χ2v) is 8.69. The molecule has 2 aromatic rings. The predicted molar refractivity (Wildman–Crippen MR) is 94.9 cm³/mol. The molecule has 1 saturated heterocycles. The quantitative estimate of drug-likeness (QED) is 0.931. The van der Waals surface area contributed by atoms with Crippen molar-refractivity contribution in [2.45, 2.75) is 20.3 Å². The van der Waals surface area contributed by atoms with E-state index >= 15 is 0 Å². The fourth-order valence-electron chi connectivity index (χ4n) is 4.74. The molecule has 1 saturated carbocycles. The highest BCUT2D eigenvalue weighted by atomic mass is 32.1. The number of carbonyl (C=O) groups is 1. The Balaban J connectivity index is 1.54. The maximum absolute atomic E-state index is 12.9. The van der Waals surface area contributed by atoms with E-state index in [4.69, 9.17) is 0 Å². The average Bonchev–Trinajstić information content (AvgIpc) is 3.18. The standard InChI is InChI=1S/C19H22N2O2S/c1-18(2)10-19(12-22)11-21(8-15(18)19)17(23)14-9-24-16(20-14)13-6-4-3-5-7-13/h3-7,9,15,22H,8,10-12H2,1-2H3/t15-,19-/m1/s1. The first-order valence-corrected chi connectivity index (χ1v) is 9.24. The number of hydrogen-bond acceptors (Lipinski definition) is 4. The van der Waals surface area contributed by atoms with Crippen molar-refractivity contribution in [1.29, 1.82) is 0 Å². The van der Waals surface area contributed by atoms with E-state index in [2.05, 4.69) is 18.8 Å². The normalized spacial score (nSPS) is 27.6. The molecule has 4 rings (SSSR count). The van der Waals surface area contributed by atoms with Crippen LogP contribution < -0.4 is 0 Å². The minimum absolute atomic E-state index is 0.00791. The molecule has 1 aliphatic heterocycles. The van der Waals surface area contributed by atoms with Gasteiger partial charge in [-0.1, -0.05) is 44.2 Å². The van der Waals surface area contributed by atoms with Crippen LogP contribution in [0, 0.1) is 16.7 Å². The molecule has 2 aliphatic rings. The van der Waals surface area contributed by atoms with Crippen molar-refractivity contribution in [3.8, 4) is 10.6 Å². The molecular weight excluding hydrogens is 320 g/mol. The second-order valence-electron chi connectivity index (χ2n) is 7.83. The number of aromatic nitrogens is 1. The van der Waals surface area contributed by atoms with Gasteiger partial charge in [0.2, 0.25) is 0 Å². The molecule has 0 radical (unpaired) electrons. The van der Waals surface area contributed by atoms with Crippen LogP contribution in [-0.4, -0.2) is 40.6 Å². The van der Waals surface area contributed by atoms with Gasteiger partial charge >= 0.3 is 0 Å². The molecule has 1 N–H and O–H groups in total. The van der Waals surface area contributed by atoms with E-state index in [1.54, 1.807) is 0 Å². The molecule has 4 nitrogen and oxygen atoms in total. The lowest BCUT2D eigenvalue weighted by Gasteiger charge is -2.55. The number of benzene rings is 1. The van der Waals surface area contributed by atoms with Gasteiger partial charge in [-0.25, -0.2) is 4.98 Å². The van der Waals surface area contributed by atoms with E-state index in [0.717, 1.165) is 23.5 Å². The number of nitrogens with zero attached hydrogens (tertiary/aromatic N) is 2. The van der Waals surface area contributed by atoms with Crippen molar-refractivity contribution in [3.63, 3.8) is 0 Å². The number of aliphatic hydroxyl groups excluding tert-OH is 1. The Morgan fingerprint density at radius 1 is 1.38 bits per heavy atom. The van der Waals surface area contributed by atoms with Crippen LogP contribution in [0.15, 0.2) is 35.7 Å². The molecule has 1 aromatic heterocycles. The molecule has 2 fully saturated rings. The number of hydrogen-bond donors (Lipinski definition) is 1. The molecule has 126 valence electrons. The molecule has 0 unspecified atom stereocenters. The molecule has 0 bridgehead atoms. The Labute approximate surface area is 146 Å². The monoisotopic (exact) mass is 342 g/mol. The number of fused-ring (bicyclic) bond motifs is 1. The largest absolute Gasteiger partial charge is 0.396 e. The van der Waals surface area contributed by atoms with Gasteiger partial charge in [-0.3, -0.25) is 4.79 Å². The third-order valence-corrected chi connectivity index (χ3v) is 6.64. The molecular formula is C19H22N2O2S. The fraction of sp³-hybridized carbons (Fsp3) is 0.474. The Morgan fingerprint density at radius 2 is 2.12 bits per heavy atom. The third kappa shape index (κ3) is 2.30. The maximum atomic E-state index is 12.9. The number of amides is 1. The lowest BCUT2D eigenvalue weighted by Crippen LogP contribution is -2.54. The molecule has 2 atom stereocenters. The van der Waals surface area contributed by atoms with Gasteiger partial charge < -0.3 is 10.0 Å². The van der Waals surface area contributed by atoms with E-state index in [0.29, 0.717) is 18.2 Å². The number of likely N-dealkylation sites (tertiary alicyclic amines) is 1. The van der Waals surface area contributed by atoms with Crippen LogP contribution in [0.4, 0.5) is 0 Å². The molecule has 1 aromatic carbocycles. The lowest BCUT2D eigenvalue weighted by molar-refractivity contribution is -0.0977. The summed E-state index contributed by atoms with van der Waals surface area (Å²) in [7, 11) is 0. The second kappa shape index (κ2) is 5.39. The van der Waals surface area contributed by atoms with Crippen molar-refractivity contribution in [2.75, 3.05) is 19.7 Å². The van der Waals surface area contributed by atoms with Crippen LogP contribution in [0.1, 0.15) is 30.8 Å². The van der Waals surface area contributed by atoms with Crippen LogP contribution in [0.5, 0.6) is 0 Å². The SMILES string of the molecule is CC1(C)C[C@]2(CO)CN(C(=O)c3csc(-c4ccccc4)n3)C[C@H]12. The molecule has 1 aliphatic carbocycles. The summed E-state index contributed by atoms with van der Waals surface area (Å²) < 4.78 is 0. The minimum atomic E-state index is -0.0998. The molecule has 2 heterocycles. The van der Waals surface area contributed by atoms with Gasteiger partial charge in [0.05, 0.1) is 6.61 Å². The summed E-state index contributed by atoms with van der Waals surface area (Å²) in [5.41, 5.74) is 1.66. The van der Waals surface area contributed by atoms with Gasteiger partial charge in [-0.2, -0.15) is 0 Å². The summed E-state index contributed by atoms with van der Waals surface area (Å²) in [6.07, 6.45) is 0.983. The van der Waals surface area contributed by atoms with Gasteiger partial charge in [-0.15, -0.1) is 11.3 Å². The zero-order valence-corrected chi connectivity index (χ0v) is 14.8. The van der Waals surface area contributed by atoms with Gasteiger partial charge in [0, 0.05) is 29.4 Å². The summed E-state index contributed by atoms with van der Waals surface area (Å²) in [5.74, 6) is 0.373. The number of thiazole rings is 1. The van der Waals surface area contributed by atoms with Crippen molar-refractivity contribution in [3.05, 3.63) is 41.4 Å². The molecule has 24 heavy (non-hydrogen) atoms. The Hall–Kier alpha value is -1.72. The topological polar surface area (TPSA) is 53.4 Å². The number of aliphatic hydroxyl groups is 1. The summed E-state index contributed by atoms with van der Waals surface area (Å²) in [6, 6.07) is 9.94. The van der Waals surface area contributed by atoms with E-state index in [1.807, 2.05) is 40.6 Å². The van der Waals surface area contributed by atoms with Crippen molar-refractivity contribution >= 4 is 17.2 Å². The highest BCUT2D eigenvalue weighted by Crippen LogP contribution is 2.62. The van der Waals surface area contributed by atoms with Gasteiger partial charge in [0.15, 0.2) is 0 Å². The van der Waals surface area contributed by atoms with E-state index in [9.17, 15) is 9.90 Å². The Bertz CT molecular complexity index is 771. The van der Waals surface area contributed by atoms with Crippen LogP contribution in [0.2, 0.25) is 0 Å². The Morgan fingerprint density at radius 3 is 2.75 bits per heavy atom. The van der Waals surface area contributed by atoms with Crippen LogP contribution in [0.3, 0.4) is 0 Å². The first-order valence-electron chi connectivity index (χ1n) is 8.36. The predicted octanol–water partition coefficient (Wildman–Crippen LogP) is 3.29. The van der Waals surface area contributed by atoms with E-state index in [1.165, 1.54) is 11.3 Å². The molecule has 5 heteroatoms. The van der Waals surface area contributed by atoms with E-state index < -0.39 is 0 Å². The van der Waals surface area contributed by atoms with E-state index in [-0.39, 0.29) is 23.3 Å². The van der Waals surface area contributed by atoms with Gasteiger partial charge in [0.1, 0.15) is 10.7 Å². The summed E-state index contributed by atoms with van der Waals surface area (Å²) in [6.45, 7) is 6.00. The van der Waals surface area contributed by atoms with Crippen molar-refractivity contribution < 1.29 is 9.90 Å². The zero-order valence-electron chi connectivity index (χ0n) is 14.0. The highest BCUT2D eigenvalue weighted by Gasteiger charge is 2.63.